The fourth-order valence-corrected chi connectivity index (χ4v) is 2.19. The predicted octanol–water partition coefficient (Wildman–Crippen LogP) is 2.91. The van der Waals surface area contributed by atoms with Crippen molar-refractivity contribution in [3.63, 3.8) is 0 Å². The molecular formula is C13H14. The highest BCUT2D eigenvalue weighted by molar-refractivity contribution is 5.41. The van der Waals surface area contributed by atoms with Gasteiger partial charge in [0.1, 0.15) is 0 Å². The van der Waals surface area contributed by atoms with Gasteiger partial charge in [0.05, 0.1) is 5.41 Å². The number of hydrogen-bond acceptors (Lipinski definition) is 0. The Morgan fingerprint density at radius 2 is 2.15 bits per heavy atom. The van der Waals surface area contributed by atoms with Crippen molar-refractivity contribution in [3.8, 4) is 12.3 Å². The summed E-state index contributed by atoms with van der Waals surface area (Å²) in [7, 11) is 0. The van der Waals surface area contributed by atoms with Gasteiger partial charge in [-0.15, -0.1) is 6.42 Å². The predicted molar refractivity (Wildman–Crippen MR) is 55.6 cm³/mol. The number of aryl methyl sites for hydroxylation is 1. The highest BCUT2D eigenvalue weighted by Crippen LogP contribution is 2.36. The smallest absolute Gasteiger partial charge is 0.0534 e. The van der Waals surface area contributed by atoms with E-state index in [2.05, 4.69) is 37.1 Å². The van der Waals surface area contributed by atoms with E-state index in [1.54, 1.807) is 0 Å². The largest absolute Gasteiger partial charge is 0.119 e. The Morgan fingerprint density at radius 1 is 1.38 bits per heavy atom. The lowest BCUT2D eigenvalue weighted by Crippen LogP contribution is -2.25. The van der Waals surface area contributed by atoms with E-state index in [1.165, 1.54) is 24.0 Å². The molecule has 0 amide bonds. The van der Waals surface area contributed by atoms with Gasteiger partial charge in [-0.1, -0.05) is 30.2 Å². The van der Waals surface area contributed by atoms with E-state index in [0.29, 0.717) is 0 Å². The van der Waals surface area contributed by atoms with E-state index < -0.39 is 0 Å². The molecule has 0 nitrogen and oxygen atoms in total. The van der Waals surface area contributed by atoms with Crippen LogP contribution in [0.3, 0.4) is 0 Å². The van der Waals surface area contributed by atoms with Crippen LogP contribution in [0.5, 0.6) is 0 Å². The van der Waals surface area contributed by atoms with Crippen LogP contribution in [-0.4, -0.2) is 0 Å². The van der Waals surface area contributed by atoms with Crippen molar-refractivity contribution >= 4 is 0 Å². The standard InChI is InChI=1S/C13H14/c1-3-13(2)10-6-8-11-7-4-5-9-12(11)13/h1,4-5,7,9H,6,8,10H2,2H3. The second kappa shape index (κ2) is 2.92. The highest BCUT2D eigenvalue weighted by atomic mass is 14.3. The van der Waals surface area contributed by atoms with E-state index in [-0.39, 0.29) is 5.41 Å². The first-order valence-electron chi connectivity index (χ1n) is 4.82. The third-order valence-electron chi connectivity index (χ3n) is 3.05. The van der Waals surface area contributed by atoms with Gasteiger partial charge in [-0.05, 0) is 37.3 Å². The fraction of sp³-hybridized carbons (Fsp3) is 0.385. The quantitative estimate of drug-likeness (QED) is 0.525. The van der Waals surface area contributed by atoms with Crippen LogP contribution in [0.4, 0.5) is 0 Å². The molecule has 13 heavy (non-hydrogen) atoms. The average Bonchev–Trinajstić information content (AvgIpc) is 2.19. The molecular weight excluding hydrogens is 156 g/mol. The summed E-state index contributed by atoms with van der Waals surface area (Å²) in [6, 6.07) is 8.55. The first-order valence-corrected chi connectivity index (χ1v) is 4.82. The molecule has 1 atom stereocenters. The second-order valence-electron chi connectivity index (χ2n) is 3.99. The molecule has 1 unspecified atom stereocenters. The molecule has 1 aromatic carbocycles. The Bertz CT molecular complexity index is 357. The molecule has 0 saturated carbocycles. The molecule has 0 saturated heterocycles. The zero-order chi connectivity index (χ0) is 9.31. The molecule has 1 aromatic rings. The summed E-state index contributed by atoms with van der Waals surface area (Å²) in [5, 5.41) is 0. The van der Waals surface area contributed by atoms with Gasteiger partial charge in [-0.2, -0.15) is 0 Å². The van der Waals surface area contributed by atoms with Crippen molar-refractivity contribution < 1.29 is 0 Å². The number of fused-ring (bicyclic) bond motifs is 1. The molecule has 0 radical (unpaired) electrons. The fourth-order valence-electron chi connectivity index (χ4n) is 2.19. The van der Waals surface area contributed by atoms with Gasteiger partial charge in [0.2, 0.25) is 0 Å². The van der Waals surface area contributed by atoms with Gasteiger partial charge >= 0.3 is 0 Å². The summed E-state index contributed by atoms with van der Waals surface area (Å²) in [5.41, 5.74) is 2.78. The summed E-state index contributed by atoms with van der Waals surface area (Å²) < 4.78 is 0. The van der Waals surface area contributed by atoms with Gasteiger partial charge in [0.15, 0.2) is 0 Å². The van der Waals surface area contributed by atoms with Crippen LogP contribution in [0, 0.1) is 12.3 Å². The molecule has 0 aliphatic heterocycles. The maximum absolute atomic E-state index is 5.60. The lowest BCUT2D eigenvalue weighted by atomic mass is 9.72. The van der Waals surface area contributed by atoms with E-state index in [0.717, 1.165) is 6.42 Å². The first-order chi connectivity index (χ1) is 6.26. The lowest BCUT2D eigenvalue weighted by Gasteiger charge is -2.31. The van der Waals surface area contributed by atoms with Crippen LogP contribution in [0.15, 0.2) is 24.3 Å². The number of benzene rings is 1. The van der Waals surface area contributed by atoms with E-state index in [1.807, 2.05) is 0 Å². The Hall–Kier alpha value is -1.22. The average molecular weight is 170 g/mol. The number of terminal acetylenes is 1. The summed E-state index contributed by atoms with van der Waals surface area (Å²) in [6.45, 7) is 2.17. The first kappa shape index (κ1) is 8.38. The highest BCUT2D eigenvalue weighted by Gasteiger charge is 2.29. The van der Waals surface area contributed by atoms with Crippen LogP contribution >= 0.6 is 0 Å². The molecule has 0 N–H and O–H groups in total. The Balaban J connectivity index is 2.56. The van der Waals surface area contributed by atoms with E-state index >= 15 is 0 Å². The SMILES string of the molecule is C#CC1(C)CCCc2ccccc21. The van der Waals surface area contributed by atoms with Crippen molar-refractivity contribution in [2.24, 2.45) is 0 Å². The molecule has 0 heteroatoms. The molecule has 0 heterocycles. The minimum absolute atomic E-state index is 0.0190. The van der Waals surface area contributed by atoms with Crippen molar-refractivity contribution in [2.45, 2.75) is 31.6 Å². The Kier molecular flexibility index (Phi) is 1.88. The monoisotopic (exact) mass is 170 g/mol. The van der Waals surface area contributed by atoms with Crippen molar-refractivity contribution in [2.75, 3.05) is 0 Å². The van der Waals surface area contributed by atoms with Crippen LogP contribution in [0.2, 0.25) is 0 Å². The number of hydrogen-bond donors (Lipinski definition) is 0. The summed E-state index contributed by atoms with van der Waals surface area (Å²) >= 11 is 0. The Morgan fingerprint density at radius 3 is 2.92 bits per heavy atom. The summed E-state index contributed by atoms with van der Waals surface area (Å²) in [5.74, 6) is 2.94. The van der Waals surface area contributed by atoms with E-state index in [4.69, 9.17) is 6.42 Å². The molecule has 0 spiro atoms. The molecule has 2 rings (SSSR count). The normalized spacial score (nSPS) is 26.2. The summed E-state index contributed by atoms with van der Waals surface area (Å²) in [4.78, 5) is 0. The van der Waals surface area contributed by atoms with Gasteiger partial charge < -0.3 is 0 Å². The zero-order valence-corrected chi connectivity index (χ0v) is 8.01. The molecule has 1 aliphatic rings. The number of rotatable bonds is 0. The third kappa shape index (κ3) is 1.25. The minimum Gasteiger partial charge on any atom is -0.119 e. The minimum atomic E-state index is -0.0190. The van der Waals surface area contributed by atoms with Gasteiger partial charge in [-0.25, -0.2) is 0 Å². The molecule has 0 bridgehead atoms. The molecule has 66 valence electrons. The van der Waals surface area contributed by atoms with Crippen molar-refractivity contribution in [3.05, 3.63) is 35.4 Å². The third-order valence-corrected chi connectivity index (χ3v) is 3.05. The van der Waals surface area contributed by atoms with Gasteiger partial charge in [0.25, 0.3) is 0 Å². The van der Waals surface area contributed by atoms with Crippen LogP contribution in [0.25, 0.3) is 0 Å². The maximum atomic E-state index is 5.60. The second-order valence-corrected chi connectivity index (χ2v) is 3.99. The van der Waals surface area contributed by atoms with Crippen molar-refractivity contribution in [1.82, 2.24) is 0 Å². The zero-order valence-electron chi connectivity index (χ0n) is 8.01. The molecule has 0 aromatic heterocycles. The molecule has 0 fully saturated rings. The van der Waals surface area contributed by atoms with Crippen LogP contribution < -0.4 is 0 Å². The summed E-state index contributed by atoms with van der Waals surface area (Å²) in [6.07, 6.45) is 9.14. The van der Waals surface area contributed by atoms with Crippen molar-refractivity contribution in [1.29, 1.82) is 0 Å². The molecule has 1 aliphatic carbocycles. The van der Waals surface area contributed by atoms with Crippen LogP contribution in [0.1, 0.15) is 30.9 Å². The maximum Gasteiger partial charge on any atom is 0.0534 e. The Labute approximate surface area is 80.0 Å². The van der Waals surface area contributed by atoms with Crippen LogP contribution in [-0.2, 0) is 11.8 Å². The van der Waals surface area contributed by atoms with E-state index in [9.17, 15) is 0 Å². The van der Waals surface area contributed by atoms with Gasteiger partial charge in [-0.3, -0.25) is 0 Å². The van der Waals surface area contributed by atoms with Gasteiger partial charge in [0, 0.05) is 0 Å². The lowest BCUT2D eigenvalue weighted by molar-refractivity contribution is 0.497. The topological polar surface area (TPSA) is 0 Å².